The van der Waals surface area contributed by atoms with E-state index in [2.05, 4.69) is 19.2 Å². The number of carbonyl (C=O) groups excluding carboxylic acids is 1. The van der Waals surface area contributed by atoms with Crippen molar-refractivity contribution in [2.45, 2.75) is 32.7 Å². The standard InChI is InChI=1S/C16H22N2O3/c1-16(2)8-9-18(11-16)15(21)17-13(14(19)20)10-12-6-4-3-5-7-12/h3-7,13H,8-11H2,1-2H3,(H,17,21)(H,19,20)/t13-/m1/s1. The van der Waals surface area contributed by atoms with Crippen LogP contribution in [0, 0.1) is 5.41 Å². The molecule has 1 atom stereocenters. The van der Waals surface area contributed by atoms with Gasteiger partial charge in [0.15, 0.2) is 0 Å². The van der Waals surface area contributed by atoms with E-state index < -0.39 is 12.0 Å². The van der Waals surface area contributed by atoms with Crippen molar-refractivity contribution in [3.63, 3.8) is 0 Å². The topological polar surface area (TPSA) is 69.6 Å². The van der Waals surface area contributed by atoms with Crippen molar-refractivity contribution < 1.29 is 14.7 Å². The number of nitrogens with zero attached hydrogens (tertiary/aromatic N) is 1. The largest absolute Gasteiger partial charge is 0.480 e. The Morgan fingerprint density at radius 2 is 2.00 bits per heavy atom. The third kappa shape index (κ3) is 4.21. The Bertz CT molecular complexity index is 514. The van der Waals surface area contributed by atoms with Gasteiger partial charge in [0.1, 0.15) is 6.04 Å². The lowest BCUT2D eigenvalue weighted by Crippen LogP contribution is -2.48. The number of carboxylic acids is 1. The molecule has 114 valence electrons. The lowest BCUT2D eigenvalue weighted by molar-refractivity contribution is -0.139. The van der Waals surface area contributed by atoms with Gasteiger partial charge in [-0.2, -0.15) is 0 Å². The summed E-state index contributed by atoms with van der Waals surface area (Å²) in [5.74, 6) is -1.01. The molecule has 1 aromatic rings. The zero-order valence-corrected chi connectivity index (χ0v) is 12.5. The van der Waals surface area contributed by atoms with Gasteiger partial charge < -0.3 is 15.3 Å². The Morgan fingerprint density at radius 1 is 1.33 bits per heavy atom. The van der Waals surface area contributed by atoms with Gasteiger partial charge in [-0.3, -0.25) is 0 Å². The maximum atomic E-state index is 12.2. The number of hydrogen-bond donors (Lipinski definition) is 2. The number of nitrogens with one attached hydrogen (secondary N) is 1. The molecular formula is C16H22N2O3. The van der Waals surface area contributed by atoms with E-state index in [0.717, 1.165) is 12.0 Å². The fourth-order valence-electron chi connectivity index (χ4n) is 2.58. The highest BCUT2D eigenvalue weighted by molar-refractivity contribution is 5.83. The average Bonchev–Trinajstić information content (AvgIpc) is 2.79. The lowest BCUT2D eigenvalue weighted by atomic mass is 9.93. The van der Waals surface area contributed by atoms with Gasteiger partial charge in [-0.1, -0.05) is 44.2 Å². The van der Waals surface area contributed by atoms with Gasteiger partial charge in [0.05, 0.1) is 0 Å². The highest BCUT2D eigenvalue weighted by Crippen LogP contribution is 2.28. The second-order valence-electron chi connectivity index (χ2n) is 6.37. The molecule has 0 spiro atoms. The smallest absolute Gasteiger partial charge is 0.326 e. The zero-order chi connectivity index (χ0) is 15.5. The van der Waals surface area contributed by atoms with Crippen LogP contribution >= 0.6 is 0 Å². The Morgan fingerprint density at radius 3 is 2.52 bits per heavy atom. The van der Waals surface area contributed by atoms with Gasteiger partial charge in [-0.15, -0.1) is 0 Å². The first-order chi connectivity index (χ1) is 9.87. The Labute approximate surface area is 125 Å². The molecule has 1 aromatic carbocycles. The van der Waals surface area contributed by atoms with E-state index >= 15 is 0 Å². The summed E-state index contributed by atoms with van der Waals surface area (Å²) in [4.78, 5) is 25.2. The van der Waals surface area contributed by atoms with Gasteiger partial charge in [0, 0.05) is 19.5 Å². The average molecular weight is 290 g/mol. The fourth-order valence-corrected chi connectivity index (χ4v) is 2.58. The van der Waals surface area contributed by atoms with Gasteiger partial charge in [-0.25, -0.2) is 9.59 Å². The highest BCUT2D eigenvalue weighted by Gasteiger charge is 2.33. The molecule has 2 N–H and O–H groups in total. The van der Waals surface area contributed by atoms with E-state index in [1.807, 2.05) is 30.3 Å². The number of carboxylic acid groups (broad SMARTS) is 1. The molecule has 5 heteroatoms. The minimum Gasteiger partial charge on any atom is -0.480 e. The van der Waals surface area contributed by atoms with Crippen LogP contribution in [-0.4, -0.2) is 41.1 Å². The summed E-state index contributed by atoms with van der Waals surface area (Å²) in [5, 5.41) is 11.9. The molecule has 21 heavy (non-hydrogen) atoms. The third-order valence-electron chi connectivity index (χ3n) is 3.84. The number of benzene rings is 1. The molecule has 1 fully saturated rings. The summed E-state index contributed by atoms with van der Waals surface area (Å²) in [7, 11) is 0. The normalized spacial score (nSPS) is 18.3. The summed E-state index contributed by atoms with van der Waals surface area (Å²) in [6.45, 7) is 5.56. The van der Waals surface area contributed by atoms with Crippen LogP contribution in [0.1, 0.15) is 25.8 Å². The molecule has 0 aliphatic carbocycles. The molecule has 1 saturated heterocycles. The Kier molecular flexibility index (Phi) is 4.50. The van der Waals surface area contributed by atoms with Crippen molar-refractivity contribution in [2.24, 2.45) is 5.41 Å². The number of likely N-dealkylation sites (tertiary alicyclic amines) is 1. The van der Waals surface area contributed by atoms with Crippen molar-refractivity contribution in [1.82, 2.24) is 10.2 Å². The van der Waals surface area contributed by atoms with Crippen LogP contribution in [0.25, 0.3) is 0 Å². The molecule has 5 nitrogen and oxygen atoms in total. The number of aliphatic carboxylic acids is 1. The predicted molar refractivity (Wildman–Crippen MR) is 80.1 cm³/mol. The molecule has 1 heterocycles. The second-order valence-corrected chi connectivity index (χ2v) is 6.37. The maximum Gasteiger partial charge on any atom is 0.326 e. The van der Waals surface area contributed by atoms with Crippen LogP contribution < -0.4 is 5.32 Å². The quantitative estimate of drug-likeness (QED) is 0.892. The zero-order valence-electron chi connectivity index (χ0n) is 12.5. The molecule has 1 aliphatic heterocycles. The Balaban J connectivity index is 1.97. The van der Waals surface area contributed by atoms with Crippen LogP contribution in [-0.2, 0) is 11.2 Å². The number of carbonyl (C=O) groups is 2. The Hall–Kier alpha value is -2.04. The minimum absolute atomic E-state index is 0.107. The number of urea groups is 1. The van der Waals surface area contributed by atoms with Gasteiger partial charge >= 0.3 is 12.0 Å². The van der Waals surface area contributed by atoms with Crippen LogP contribution in [0.3, 0.4) is 0 Å². The minimum atomic E-state index is -1.01. The summed E-state index contributed by atoms with van der Waals surface area (Å²) in [5.41, 5.74) is 1.00. The predicted octanol–water partition coefficient (Wildman–Crippen LogP) is 2.12. The van der Waals surface area contributed by atoms with E-state index in [4.69, 9.17) is 0 Å². The van der Waals surface area contributed by atoms with Crippen LogP contribution in [0.2, 0.25) is 0 Å². The number of rotatable bonds is 4. The first kappa shape index (κ1) is 15.4. The SMILES string of the molecule is CC1(C)CCN(C(=O)N[C@H](Cc2ccccc2)C(=O)O)C1. The molecule has 0 bridgehead atoms. The highest BCUT2D eigenvalue weighted by atomic mass is 16.4. The fraction of sp³-hybridized carbons (Fsp3) is 0.500. The van der Waals surface area contributed by atoms with Crippen LogP contribution in [0.15, 0.2) is 30.3 Å². The van der Waals surface area contributed by atoms with Crippen LogP contribution in [0.5, 0.6) is 0 Å². The summed E-state index contributed by atoms with van der Waals surface area (Å²) in [6, 6.07) is 8.14. The van der Waals surface area contributed by atoms with Crippen molar-refractivity contribution >= 4 is 12.0 Å². The van der Waals surface area contributed by atoms with E-state index in [1.54, 1.807) is 4.90 Å². The van der Waals surface area contributed by atoms with E-state index in [0.29, 0.717) is 19.5 Å². The molecule has 0 unspecified atom stereocenters. The maximum absolute atomic E-state index is 12.2. The van der Waals surface area contributed by atoms with Crippen LogP contribution in [0.4, 0.5) is 4.79 Å². The summed E-state index contributed by atoms with van der Waals surface area (Å²) in [6.07, 6.45) is 1.23. The van der Waals surface area contributed by atoms with Gasteiger partial charge in [-0.05, 0) is 17.4 Å². The second kappa shape index (κ2) is 6.16. The van der Waals surface area contributed by atoms with E-state index in [-0.39, 0.29) is 11.4 Å². The van der Waals surface area contributed by atoms with E-state index in [1.165, 1.54) is 0 Å². The summed E-state index contributed by atoms with van der Waals surface area (Å²) >= 11 is 0. The molecule has 2 amide bonds. The first-order valence-corrected chi connectivity index (χ1v) is 7.19. The molecule has 1 aliphatic rings. The molecular weight excluding hydrogens is 268 g/mol. The molecule has 2 rings (SSSR count). The number of hydrogen-bond acceptors (Lipinski definition) is 2. The lowest BCUT2D eigenvalue weighted by Gasteiger charge is -2.22. The third-order valence-corrected chi connectivity index (χ3v) is 3.84. The molecule has 0 aromatic heterocycles. The van der Waals surface area contributed by atoms with Crippen molar-refractivity contribution in [1.29, 1.82) is 0 Å². The van der Waals surface area contributed by atoms with Crippen molar-refractivity contribution in [3.8, 4) is 0 Å². The molecule has 0 saturated carbocycles. The molecule has 0 radical (unpaired) electrons. The van der Waals surface area contributed by atoms with Crippen molar-refractivity contribution in [2.75, 3.05) is 13.1 Å². The van der Waals surface area contributed by atoms with Gasteiger partial charge in [0.2, 0.25) is 0 Å². The number of amides is 2. The summed E-state index contributed by atoms with van der Waals surface area (Å²) < 4.78 is 0. The van der Waals surface area contributed by atoms with Gasteiger partial charge in [0.25, 0.3) is 0 Å². The monoisotopic (exact) mass is 290 g/mol. The van der Waals surface area contributed by atoms with E-state index in [9.17, 15) is 14.7 Å². The first-order valence-electron chi connectivity index (χ1n) is 7.19. The van der Waals surface area contributed by atoms with Crippen molar-refractivity contribution in [3.05, 3.63) is 35.9 Å².